The standard InChI is InChI=1S/C21H20FN5OS3/c1-2-3-4-8-25-20(28)18-17(22)15(6-9-23-18)30-16-12-26-21(31-16)27-19-13-7-11-29-14(13)5-10-24-19/h5-7,9-12H,2-4,8H2,1H3,(H,25,28)(H,24,26,27). The summed E-state index contributed by atoms with van der Waals surface area (Å²) in [5, 5.41) is 9.69. The highest BCUT2D eigenvalue weighted by Crippen LogP contribution is 2.37. The molecule has 0 fully saturated rings. The maximum atomic E-state index is 14.9. The number of carbonyl (C=O) groups excluding carboxylic acids is 1. The number of hydrogen-bond donors (Lipinski definition) is 2. The second kappa shape index (κ2) is 10.2. The summed E-state index contributed by atoms with van der Waals surface area (Å²) in [5.74, 6) is -0.368. The van der Waals surface area contributed by atoms with Gasteiger partial charge in [0.05, 0.1) is 15.3 Å². The largest absolute Gasteiger partial charge is 0.351 e. The Kier molecular flexibility index (Phi) is 7.10. The number of aromatic nitrogens is 3. The second-order valence-electron chi connectivity index (χ2n) is 6.64. The van der Waals surface area contributed by atoms with Crippen molar-refractivity contribution < 1.29 is 9.18 Å². The van der Waals surface area contributed by atoms with E-state index in [1.54, 1.807) is 29.8 Å². The molecule has 0 saturated carbocycles. The first-order valence-electron chi connectivity index (χ1n) is 9.81. The summed E-state index contributed by atoms with van der Waals surface area (Å²) in [7, 11) is 0. The molecule has 6 nitrogen and oxygen atoms in total. The Hall–Kier alpha value is -2.56. The zero-order valence-corrected chi connectivity index (χ0v) is 19.2. The molecule has 0 saturated heterocycles. The van der Waals surface area contributed by atoms with Gasteiger partial charge in [-0.15, -0.1) is 11.3 Å². The van der Waals surface area contributed by atoms with Crippen molar-refractivity contribution in [3.05, 3.63) is 53.7 Å². The number of nitrogens with zero attached hydrogens (tertiary/aromatic N) is 3. The van der Waals surface area contributed by atoms with E-state index in [2.05, 4.69) is 32.5 Å². The number of carbonyl (C=O) groups is 1. The summed E-state index contributed by atoms with van der Waals surface area (Å²) < 4.78 is 16.8. The van der Waals surface area contributed by atoms with Crippen LogP contribution >= 0.6 is 34.4 Å². The molecule has 10 heteroatoms. The minimum atomic E-state index is -0.617. The smallest absolute Gasteiger partial charge is 0.272 e. The topological polar surface area (TPSA) is 79.8 Å². The van der Waals surface area contributed by atoms with Crippen LogP contribution in [0, 0.1) is 5.82 Å². The van der Waals surface area contributed by atoms with Gasteiger partial charge >= 0.3 is 0 Å². The molecule has 0 aliphatic rings. The van der Waals surface area contributed by atoms with Gasteiger partial charge in [-0.2, -0.15) is 0 Å². The molecule has 1 amide bonds. The number of halogens is 1. The van der Waals surface area contributed by atoms with Crippen molar-refractivity contribution in [1.29, 1.82) is 0 Å². The molecule has 0 radical (unpaired) electrons. The van der Waals surface area contributed by atoms with E-state index in [0.29, 0.717) is 16.6 Å². The zero-order chi connectivity index (χ0) is 21.6. The highest BCUT2D eigenvalue weighted by molar-refractivity contribution is 8.01. The zero-order valence-electron chi connectivity index (χ0n) is 16.7. The van der Waals surface area contributed by atoms with Crippen LogP contribution in [0.2, 0.25) is 0 Å². The highest BCUT2D eigenvalue weighted by Gasteiger charge is 2.18. The van der Waals surface area contributed by atoms with Gasteiger partial charge in [-0.25, -0.2) is 19.3 Å². The van der Waals surface area contributed by atoms with Crippen molar-refractivity contribution in [2.24, 2.45) is 0 Å². The molecule has 4 rings (SSSR count). The predicted molar refractivity (Wildman–Crippen MR) is 125 cm³/mol. The Morgan fingerprint density at radius 2 is 2.03 bits per heavy atom. The monoisotopic (exact) mass is 473 g/mol. The van der Waals surface area contributed by atoms with Gasteiger partial charge in [0.1, 0.15) is 5.82 Å². The number of unbranched alkanes of at least 4 members (excludes halogenated alkanes) is 2. The molecule has 2 N–H and O–H groups in total. The number of fused-ring (bicyclic) bond motifs is 1. The van der Waals surface area contributed by atoms with Gasteiger partial charge in [-0.05, 0) is 30.0 Å². The molecule has 0 aliphatic carbocycles. The van der Waals surface area contributed by atoms with Crippen molar-refractivity contribution in [3.63, 3.8) is 0 Å². The van der Waals surface area contributed by atoms with Crippen LogP contribution in [0.4, 0.5) is 15.3 Å². The lowest BCUT2D eigenvalue weighted by Crippen LogP contribution is -2.26. The van der Waals surface area contributed by atoms with Gasteiger partial charge in [0.15, 0.2) is 16.6 Å². The van der Waals surface area contributed by atoms with Crippen LogP contribution in [0.15, 0.2) is 51.3 Å². The lowest BCUT2D eigenvalue weighted by Gasteiger charge is -2.07. The summed E-state index contributed by atoms with van der Waals surface area (Å²) >= 11 is 4.26. The van der Waals surface area contributed by atoms with E-state index in [1.165, 1.54) is 29.3 Å². The van der Waals surface area contributed by atoms with E-state index < -0.39 is 11.7 Å². The summed E-state index contributed by atoms with van der Waals surface area (Å²) in [5.41, 5.74) is -0.183. The van der Waals surface area contributed by atoms with Gasteiger partial charge in [-0.3, -0.25) is 4.79 Å². The fourth-order valence-electron chi connectivity index (χ4n) is 2.89. The molecule has 0 bridgehead atoms. The van der Waals surface area contributed by atoms with Gasteiger partial charge < -0.3 is 10.6 Å². The number of thiophene rings is 1. The third-order valence-corrected chi connectivity index (χ3v) is 7.37. The van der Waals surface area contributed by atoms with Crippen molar-refractivity contribution in [2.45, 2.75) is 35.3 Å². The van der Waals surface area contributed by atoms with E-state index in [1.807, 2.05) is 17.5 Å². The van der Waals surface area contributed by atoms with E-state index >= 15 is 0 Å². The molecule has 160 valence electrons. The molecular formula is C21H20FN5OS3. The quantitative estimate of drug-likeness (QED) is 0.286. The molecule has 0 spiro atoms. The van der Waals surface area contributed by atoms with Gasteiger partial charge in [0.25, 0.3) is 5.91 Å². The number of amides is 1. The average Bonchev–Trinajstić information content (AvgIpc) is 3.42. The van der Waals surface area contributed by atoms with Gasteiger partial charge in [0, 0.05) is 29.0 Å². The lowest BCUT2D eigenvalue weighted by molar-refractivity contribution is 0.0943. The third-order valence-electron chi connectivity index (χ3n) is 4.43. The maximum absolute atomic E-state index is 14.9. The molecule has 0 unspecified atom stereocenters. The minimum Gasteiger partial charge on any atom is -0.351 e. The number of rotatable bonds is 9. The van der Waals surface area contributed by atoms with Crippen LogP contribution in [0.25, 0.3) is 10.1 Å². The fourth-order valence-corrected chi connectivity index (χ4v) is 5.53. The predicted octanol–water partition coefficient (Wildman–Crippen LogP) is 6.10. The normalized spacial score (nSPS) is 11.0. The molecule has 0 aliphatic heterocycles. The van der Waals surface area contributed by atoms with Crippen molar-refractivity contribution in [2.75, 3.05) is 11.9 Å². The highest BCUT2D eigenvalue weighted by atomic mass is 32.2. The molecule has 4 aromatic heterocycles. The van der Waals surface area contributed by atoms with Crippen LogP contribution in [0.5, 0.6) is 0 Å². The first-order chi connectivity index (χ1) is 15.2. The Bertz CT molecular complexity index is 1190. The number of hydrogen-bond acceptors (Lipinski definition) is 8. The molecule has 4 heterocycles. The van der Waals surface area contributed by atoms with Crippen molar-refractivity contribution in [1.82, 2.24) is 20.3 Å². The number of pyridine rings is 2. The van der Waals surface area contributed by atoms with Crippen LogP contribution in [0.3, 0.4) is 0 Å². The Morgan fingerprint density at radius 1 is 1.16 bits per heavy atom. The Morgan fingerprint density at radius 3 is 2.90 bits per heavy atom. The lowest BCUT2D eigenvalue weighted by atomic mass is 10.2. The number of anilines is 2. The Labute approximate surface area is 191 Å². The average molecular weight is 474 g/mol. The summed E-state index contributed by atoms with van der Waals surface area (Å²) in [4.78, 5) is 25.3. The van der Waals surface area contributed by atoms with Crippen molar-refractivity contribution >= 4 is 61.4 Å². The Balaban J connectivity index is 1.45. The fraction of sp³-hybridized carbons (Fsp3) is 0.238. The summed E-state index contributed by atoms with van der Waals surface area (Å²) in [6.45, 7) is 2.60. The number of nitrogens with one attached hydrogen (secondary N) is 2. The SMILES string of the molecule is CCCCCNC(=O)c1nccc(Sc2cnc(Nc3nccc4sccc34)s2)c1F. The van der Waals surface area contributed by atoms with Gasteiger partial charge in [0.2, 0.25) is 0 Å². The molecular weight excluding hydrogens is 453 g/mol. The van der Waals surface area contributed by atoms with Crippen LogP contribution in [-0.2, 0) is 0 Å². The second-order valence-corrected chi connectivity index (χ2v) is 9.96. The van der Waals surface area contributed by atoms with Crippen LogP contribution in [0.1, 0.15) is 36.7 Å². The van der Waals surface area contributed by atoms with Gasteiger partial charge in [-0.1, -0.05) is 42.9 Å². The molecule has 0 aromatic carbocycles. The van der Waals surface area contributed by atoms with E-state index in [-0.39, 0.29) is 5.69 Å². The van der Waals surface area contributed by atoms with Crippen LogP contribution < -0.4 is 10.6 Å². The first-order valence-corrected chi connectivity index (χ1v) is 12.3. The third kappa shape index (κ3) is 5.20. The number of thiazole rings is 1. The summed E-state index contributed by atoms with van der Waals surface area (Å²) in [6.07, 6.45) is 7.82. The first kappa shape index (κ1) is 21.7. The minimum absolute atomic E-state index is 0.183. The van der Waals surface area contributed by atoms with E-state index in [4.69, 9.17) is 0 Å². The van der Waals surface area contributed by atoms with Crippen LogP contribution in [-0.4, -0.2) is 27.4 Å². The molecule has 0 atom stereocenters. The molecule has 31 heavy (non-hydrogen) atoms. The summed E-state index contributed by atoms with van der Waals surface area (Å²) in [6, 6.07) is 5.55. The van der Waals surface area contributed by atoms with E-state index in [0.717, 1.165) is 39.4 Å². The maximum Gasteiger partial charge on any atom is 0.272 e. The van der Waals surface area contributed by atoms with Crippen molar-refractivity contribution in [3.8, 4) is 0 Å². The molecule has 4 aromatic rings. The van der Waals surface area contributed by atoms with E-state index in [9.17, 15) is 9.18 Å².